The van der Waals surface area contributed by atoms with Crippen molar-refractivity contribution in [3.05, 3.63) is 251 Å². The molecule has 1 aliphatic carbocycles. The van der Waals surface area contributed by atoms with Crippen LogP contribution >= 0.6 is 0 Å². The molecule has 0 saturated heterocycles. The first-order valence-corrected chi connectivity index (χ1v) is 21.6. The predicted molar refractivity (Wildman–Crippen MR) is 255 cm³/mol. The molecule has 1 aromatic heterocycles. The van der Waals surface area contributed by atoms with Gasteiger partial charge in [0.05, 0.1) is 11.1 Å². The molecule has 8 aromatic carbocycles. The van der Waals surface area contributed by atoms with E-state index < -0.39 is 5.41 Å². The number of fused-ring (bicyclic) bond motifs is 6. The minimum Gasteiger partial charge on any atom is -0.456 e. The minimum atomic E-state index is -0.531. The molecule has 2 nitrogen and oxygen atoms in total. The smallest absolute Gasteiger partial charge is 0.135 e. The molecule has 1 aliphatic heterocycles. The summed E-state index contributed by atoms with van der Waals surface area (Å²) in [6, 6.07) is 73.0. The Balaban J connectivity index is 1.20. The van der Waals surface area contributed by atoms with Crippen LogP contribution in [0.25, 0.3) is 55.5 Å². The third-order valence-electron chi connectivity index (χ3n) is 13.0. The van der Waals surface area contributed by atoms with Crippen molar-refractivity contribution in [1.29, 1.82) is 0 Å². The van der Waals surface area contributed by atoms with Crippen LogP contribution in [0.5, 0.6) is 0 Å². The van der Waals surface area contributed by atoms with Gasteiger partial charge < -0.3 is 4.42 Å². The molecule has 61 heavy (non-hydrogen) atoms. The summed E-state index contributed by atoms with van der Waals surface area (Å²) in [6.45, 7) is 2.29. The molecule has 2 aliphatic rings. The Morgan fingerprint density at radius 3 is 1.85 bits per heavy atom. The Kier molecular flexibility index (Phi) is 9.27. The van der Waals surface area contributed by atoms with Gasteiger partial charge in [-0.1, -0.05) is 183 Å². The van der Waals surface area contributed by atoms with Crippen LogP contribution in [0.1, 0.15) is 65.1 Å². The van der Waals surface area contributed by atoms with Crippen molar-refractivity contribution in [3.63, 3.8) is 0 Å². The number of hydrogen-bond donors (Lipinski definition) is 0. The molecule has 0 radical (unpaired) electrons. The maximum atomic E-state index is 6.33. The minimum absolute atomic E-state index is 0.171. The van der Waals surface area contributed by atoms with Crippen LogP contribution in [0.4, 0.5) is 0 Å². The highest BCUT2D eigenvalue weighted by Gasteiger charge is 2.46. The van der Waals surface area contributed by atoms with E-state index in [2.05, 4.69) is 213 Å². The van der Waals surface area contributed by atoms with E-state index in [9.17, 15) is 0 Å². The van der Waals surface area contributed by atoms with Gasteiger partial charge in [-0.05, 0) is 111 Å². The summed E-state index contributed by atoms with van der Waals surface area (Å²) in [4.78, 5) is 5.90. The Hall–Kier alpha value is -7.29. The lowest BCUT2D eigenvalue weighted by molar-refractivity contribution is 0.669. The third kappa shape index (κ3) is 6.21. The van der Waals surface area contributed by atoms with Gasteiger partial charge in [-0.15, -0.1) is 0 Å². The van der Waals surface area contributed by atoms with Gasteiger partial charge in [0.25, 0.3) is 0 Å². The number of benzene rings is 8. The summed E-state index contributed by atoms with van der Waals surface area (Å²) in [5.74, 6) is 0.171. The van der Waals surface area contributed by atoms with Crippen molar-refractivity contribution in [2.45, 2.75) is 31.6 Å². The maximum Gasteiger partial charge on any atom is 0.135 e. The lowest BCUT2D eigenvalue weighted by atomic mass is 9.67. The summed E-state index contributed by atoms with van der Waals surface area (Å²) in [7, 11) is 0. The first-order chi connectivity index (χ1) is 30.2. The molecule has 0 N–H and O–H groups in total. The number of hydrogen-bond acceptors (Lipinski definition) is 2. The molecule has 292 valence electrons. The van der Waals surface area contributed by atoms with E-state index in [1.807, 2.05) is 6.07 Å². The van der Waals surface area contributed by atoms with Crippen LogP contribution < -0.4 is 0 Å². The Labute approximate surface area is 357 Å². The van der Waals surface area contributed by atoms with Crippen molar-refractivity contribution in [2.24, 2.45) is 10.9 Å². The molecule has 2 heterocycles. The molecule has 9 aromatic rings. The number of para-hydroxylation sites is 1. The van der Waals surface area contributed by atoms with E-state index in [1.54, 1.807) is 0 Å². The number of aliphatic imine (C=N–C) groups is 1. The van der Waals surface area contributed by atoms with E-state index in [0.29, 0.717) is 0 Å². The first kappa shape index (κ1) is 36.8. The zero-order valence-electron chi connectivity index (χ0n) is 34.3. The Bertz CT molecular complexity index is 3110. The van der Waals surface area contributed by atoms with Crippen molar-refractivity contribution in [3.8, 4) is 22.3 Å². The predicted octanol–water partition coefficient (Wildman–Crippen LogP) is 15.3. The quantitative estimate of drug-likeness (QED) is 0.158. The highest BCUT2D eigenvalue weighted by atomic mass is 16.3. The molecule has 0 amide bonds. The van der Waals surface area contributed by atoms with Gasteiger partial charge in [0.15, 0.2) is 0 Å². The number of rotatable bonds is 7. The SMILES string of the molecule is CC[C@H]1/C=C(/c2ccc3oc4ccccc4c3c2)N=C(c2cc3c(cc2-c2ccccc2)-c2ccccc2C3(c2ccccc2)c2ccccc2)CCC=C1c1ccccc1. The average Bonchev–Trinajstić information content (AvgIpc) is 3.87. The van der Waals surface area contributed by atoms with Crippen LogP contribution in [0, 0.1) is 5.92 Å². The van der Waals surface area contributed by atoms with E-state index in [4.69, 9.17) is 9.41 Å². The normalized spacial score (nSPS) is 16.7. The fraction of sp³-hybridized carbons (Fsp3) is 0.102. The lowest BCUT2D eigenvalue weighted by Gasteiger charge is -2.34. The molecule has 1 atom stereocenters. The molecule has 0 fully saturated rings. The number of nitrogens with zero attached hydrogens (tertiary/aromatic N) is 1. The third-order valence-corrected chi connectivity index (χ3v) is 13.0. The molecular weight excluding hydrogens is 739 g/mol. The van der Waals surface area contributed by atoms with Crippen LogP contribution in [0.2, 0.25) is 0 Å². The lowest BCUT2D eigenvalue weighted by Crippen LogP contribution is -2.28. The molecule has 0 saturated carbocycles. The number of allylic oxidation sites excluding steroid dienone is 3. The van der Waals surface area contributed by atoms with Gasteiger partial charge in [0, 0.05) is 33.5 Å². The second kappa shape index (κ2) is 15.4. The summed E-state index contributed by atoms with van der Waals surface area (Å²) in [6.07, 6.45) is 7.50. The van der Waals surface area contributed by atoms with Crippen molar-refractivity contribution >= 4 is 38.9 Å². The van der Waals surface area contributed by atoms with Gasteiger partial charge in [0.2, 0.25) is 0 Å². The maximum absolute atomic E-state index is 6.33. The molecule has 0 unspecified atom stereocenters. The molecule has 2 heteroatoms. The first-order valence-electron chi connectivity index (χ1n) is 21.6. The molecule has 0 spiro atoms. The second-order valence-electron chi connectivity index (χ2n) is 16.3. The van der Waals surface area contributed by atoms with E-state index in [-0.39, 0.29) is 5.92 Å². The summed E-state index contributed by atoms with van der Waals surface area (Å²) in [5, 5.41) is 2.22. The van der Waals surface area contributed by atoms with E-state index in [1.165, 1.54) is 61.2 Å². The van der Waals surface area contributed by atoms with Crippen molar-refractivity contribution < 1.29 is 4.42 Å². The molecule has 11 rings (SSSR count). The highest BCUT2D eigenvalue weighted by molar-refractivity contribution is 6.11. The van der Waals surface area contributed by atoms with Crippen molar-refractivity contribution in [2.75, 3.05) is 0 Å². The van der Waals surface area contributed by atoms with Crippen LogP contribution in [-0.2, 0) is 5.41 Å². The summed E-state index contributed by atoms with van der Waals surface area (Å²) < 4.78 is 6.33. The summed E-state index contributed by atoms with van der Waals surface area (Å²) in [5.41, 5.74) is 18.2. The van der Waals surface area contributed by atoms with Gasteiger partial charge >= 0.3 is 0 Å². The average molecular weight is 784 g/mol. The highest BCUT2D eigenvalue weighted by Crippen LogP contribution is 2.57. The number of furan rings is 1. The van der Waals surface area contributed by atoms with E-state index >= 15 is 0 Å². The fourth-order valence-electron chi connectivity index (χ4n) is 10.2. The zero-order chi connectivity index (χ0) is 40.8. The Morgan fingerprint density at radius 2 is 1.13 bits per heavy atom. The second-order valence-corrected chi connectivity index (χ2v) is 16.3. The van der Waals surface area contributed by atoms with Crippen LogP contribution in [0.3, 0.4) is 0 Å². The van der Waals surface area contributed by atoms with Gasteiger partial charge in [-0.25, -0.2) is 0 Å². The standard InChI is InChI=1S/C59H45NO/c1-2-40-37-56(43-34-35-58-52(36-43)48-29-16-18-33-57(48)61-58)60-55(32-19-30-46(40)41-20-7-3-8-21-41)51-39-54-50(38-49(51)42-22-9-4-10-23-42)47-28-15-17-31-53(47)59(54,44-24-11-5-12-25-44)45-26-13-6-14-27-45/h3-18,20-31,33-40H,2,19,32H2,1H3/b46-30?,56-37-,60-55?/t40-/m0/s1. The van der Waals surface area contributed by atoms with Gasteiger partial charge in [-0.3, -0.25) is 4.99 Å². The van der Waals surface area contributed by atoms with E-state index in [0.717, 1.165) is 58.2 Å². The van der Waals surface area contributed by atoms with Gasteiger partial charge in [0.1, 0.15) is 11.2 Å². The zero-order valence-corrected chi connectivity index (χ0v) is 34.3. The van der Waals surface area contributed by atoms with Crippen molar-refractivity contribution in [1.82, 2.24) is 0 Å². The topological polar surface area (TPSA) is 25.5 Å². The monoisotopic (exact) mass is 783 g/mol. The van der Waals surface area contributed by atoms with Gasteiger partial charge in [-0.2, -0.15) is 0 Å². The summed E-state index contributed by atoms with van der Waals surface area (Å²) >= 11 is 0. The largest absolute Gasteiger partial charge is 0.456 e. The van der Waals surface area contributed by atoms with Crippen LogP contribution in [-0.4, -0.2) is 5.71 Å². The fourth-order valence-corrected chi connectivity index (χ4v) is 10.2. The molecule has 0 bridgehead atoms. The molecular formula is C59H45NO. The van der Waals surface area contributed by atoms with Crippen LogP contribution in [0.15, 0.2) is 222 Å². The Morgan fingerprint density at radius 1 is 0.508 bits per heavy atom.